The lowest BCUT2D eigenvalue weighted by Crippen LogP contribution is -2.40. The molecule has 0 spiro atoms. The first kappa shape index (κ1) is 13.4. The highest BCUT2D eigenvalue weighted by Gasteiger charge is 2.28. The largest absolute Gasteiger partial charge is 0.383 e. The molecule has 2 atom stereocenters. The molecule has 3 N–H and O–H groups in total. The van der Waals surface area contributed by atoms with Gasteiger partial charge in [-0.25, -0.2) is 0 Å². The highest BCUT2D eigenvalue weighted by molar-refractivity contribution is 5.78. The number of amides is 1. The SMILES string of the molecule is COCCNC(=O)CN1CC(CN)CC1C. The summed E-state index contributed by atoms with van der Waals surface area (Å²) in [6, 6.07) is 0.460. The quantitative estimate of drug-likeness (QED) is 0.598. The minimum Gasteiger partial charge on any atom is -0.383 e. The molecule has 0 saturated carbocycles. The first-order chi connectivity index (χ1) is 7.67. The second-order valence-corrected chi connectivity index (χ2v) is 4.46. The fourth-order valence-electron chi connectivity index (χ4n) is 2.14. The van der Waals surface area contributed by atoms with Gasteiger partial charge in [0.2, 0.25) is 5.91 Å². The van der Waals surface area contributed by atoms with Gasteiger partial charge in [-0.1, -0.05) is 0 Å². The zero-order valence-electron chi connectivity index (χ0n) is 10.2. The number of nitrogens with zero attached hydrogens (tertiary/aromatic N) is 1. The molecule has 1 aliphatic rings. The summed E-state index contributed by atoms with van der Waals surface area (Å²) in [7, 11) is 1.63. The van der Waals surface area contributed by atoms with Gasteiger partial charge in [0.25, 0.3) is 0 Å². The number of hydrogen-bond acceptors (Lipinski definition) is 4. The zero-order valence-corrected chi connectivity index (χ0v) is 10.2. The van der Waals surface area contributed by atoms with Crippen molar-refractivity contribution >= 4 is 5.91 Å². The first-order valence-corrected chi connectivity index (χ1v) is 5.87. The van der Waals surface area contributed by atoms with E-state index in [9.17, 15) is 4.79 Å². The number of ether oxygens (including phenoxy) is 1. The van der Waals surface area contributed by atoms with E-state index < -0.39 is 0 Å². The minimum absolute atomic E-state index is 0.0709. The molecule has 1 aliphatic heterocycles. The van der Waals surface area contributed by atoms with Crippen molar-refractivity contribution in [1.82, 2.24) is 10.2 Å². The summed E-state index contributed by atoms with van der Waals surface area (Å²) in [6.07, 6.45) is 1.10. The molecule has 0 aromatic heterocycles. The molecule has 0 bridgehead atoms. The molecule has 1 rings (SSSR count). The summed E-state index contributed by atoms with van der Waals surface area (Å²) in [5.74, 6) is 0.614. The fraction of sp³-hybridized carbons (Fsp3) is 0.909. The van der Waals surface area contributed by atoms with Gasteiger partial charge in [-0.2, -0.15) is 0 Å². The summed E-state index contributed by atoms with van der Waals surface area (Å²) in [6.45, 7) is 5.42. The molecule has 94 valence electrons. The topological polar surface area (TPSA) is 67.6 Å². The lowest BCUT2D eigenvalue weighted by molar-refractivity contribution is -0.122. The molecule has 16 heavy (non-hydrogen) atoms. The summed E-state index contributed by atoms with van der Waals surface area (Å²) in [5, 5.41) is 2.83. The molecular weight excluding hydrogens is 206 g/mol. The Labute approximate surface area is 97.3 Å². The number of nitrogens with one attached hydrogen (secondary N) is 1. The van der Waals surface area contributed by atoms with Crippen molar-refractivity contribution in [2.45, 2.75) is 19.4 Å². The predicted molar refractivity (Wildman–Crippen MR) is 63.1 cm³/mol. The third-order valence-corrected chi connectivity index (χ3v) is 3.10. The summed E-state index contributed by atoms with van der Waals surface area (Å²) >= 11 is 0. The first-order valence-electron chi connectivity index (χ1n) is 5.87. The third kappa shape index (κ3) is 4.08. The van der Waals surface area contributed by atoms with Crippen LogP contribution in [0.1, 0.15) is 13.3 Å². The van der Waals surface area contributed by atoms with Crippen LogP contribution in [-0.2, 0) is 9.53 Å². The normalized spacial score (nSPS) is 25.9. The molecule has 2 unspecified atom stereocenters. The molecule has 1 heterocycles. The highest BCUT2D eigenvalue weighted by atomic mass is 16.5. The van der Waals surface area contributed by atoms with Crippen molar-refractivity contribution in [2.24, 2.45) is 11.7 Å². The Morgan fingerprint density at radius 3 is 2.94 bits per heavy atom. The second kappa shape index (κ2) is 6.83. The van der Waals surface area contributed by atoms with Gasteiger partial charge in [-0.3, -0.25) is 9.69 Å². The van der Waals surface area contributed by atoms with Gasteiger partial charge in [-0.05, 0) is 25.8 Å². The van der Waals surface area contributed by atoms with Crippen LogP contribution in [0.5, 0.6) is 0 Å². The molecule has 1 amide bonds. The number of rotatable bonds is 6. The lowest BCUT2D eigenvalue weighted by atomic mass is 10.1. The molecule has 0 aliphatic carbocycles. The van der Waals surface area contributed by atoms with Crippen molar-refractivity contribution in [1.29, 1.82) is 0 Å². The van der Waals surface area contributed by atoms with Crippen LogP contribution < -0.4 is 11.1 Å². The summed E-state index contributed by atoms with van der Waals surface area (Å²) in [5.41, 5.74) is 5.64. The van der Waals surface area contributed by atoms with Crippen molar-refractivity contribution in [3.8, 4) is 0 Å². The van der Waals surface area contributed by atoms with E-state index in [-0.39, 0.29) is 5.91 Å². The van der Waals surface area contributed by atoms with Crippen molar-refractivity contribution < 1.29 is 9.53 Å². The van der Waals surface area contributed by atoms with Gasteiger partial charge >= 0.3 is 0 Å². The number of carbonyl (C=O) groups excluding carboxylic acids is 1. The van der Waals surface area contributed by atoms with Gasteiger partial charge in [0.05, 0.1) is 13.2 Å². The summed E-state index contributed by atoms with van der Waals surface area (Å²) in [4.78, 5) is 13.8. The minimum atomic E-state index is 0.0709. The molecule has 0 aromatic rings. The van der Waals surface area contributed by atoms with E-state index in [1.54, 1.807) is 7.11 Å². The van der Waals surface area contributed by atoms with Gasteiger partial charge in [0.1, 0.15) is 0 Å². The smallest absolute Gasteiger partial charge is 0.234 e. The predicted octanol–water partition coefficient (Wildman–Crippen LogP) is -0.582. The molecule has 0 aromatic carbocycles. The number of carbonyl (C=O) groups is 1. The van der Waals surface area contributed by atoms with Gasteiger partial charge in [-0.15, -0.1) is 0 Å². The highest BCUT2D eigenvalue weighted by Crippen LogP contribution is 2.21. The van der Waals surface area contributed by atoms with E-state index in [0.29, 0.717) is 38.2 Å². The van der Waals surface area contributed by atoms with Crippen LogP contribution in [0.3, 0.4) is 0 Å². The second-order valence-electron chi connectivity index (χ2n) is 4.46. The maximum atomic E-state index is 11.6. The maximum Gasteiger partial charge on any atom is 0.234 e. The van der Waals surface area contributed by atoms with Crippen LogP contribution in [0.15, 0.2) is 0 Å². The average Bonchev–Trinajstić information content (AvgIpc) is 2.60. The molecule has 1 fully saturated rings. The standard InChI is InChI=1S/C11H23N3O2/c1-9-5-10(6-12)7-14(9)8-11(15)13-3-4-16-2/h9-10H,3-8,12H2,1-2H3,(H,13,15). The maximum absolute atomic E-state index is 11.6. The fourth-order valence-corrected chi connectivity index (χ4v) is 2.14. The van der Waals surface area contributed by atoms with E-state index in [0.717, 1.165) is 13.0 Å². The molecule has 5 heteroatoms. The molecular formula is C11H23N3O2. The Bertz CT molecular complexity index is 223. The Morgan fingerprint density at radius 2 is 2.38 bits per heavy atom. The Morgan fingerprint density at radius 1 is 1.62 bits per heavy atom. The average molecular weight is 229 g/mol. The Balaban J connectivity index is 2.23. The molecule has 1 saturated heterocycles. The van der Waals surface area contributed by atoms with Crippen LogP contribution in [0, 0.1) is 5.92 Å². The van der Waals surface area contributed by atoms with Crippen LogP contribution in [-0.4, -0.2) is 56.7 Å². The Hall–Kier alpha value is -0.650. The van der Waals surface area contributed by atoms with E-state index in [4.69, 9.17) is 10.5 Å². The van der Waals surface area contributed by atoms with E-state index >= 15 is 0 Å². The van der Waals surface area contributed by atoms with Crippen LogP contribution in [0.25, 0.3) is 0 Å². The number of nitrogens with two attached hydrogens (primary N) is 1. The Kier molecular flexibility index (Phi) is 5.73. The van der Waals surface area contributed by atoms with E-state index in [2.05, 4.69) is 17.1 Å². The number of methoxy groups -OCH3 is 1. The van der Waals surface area contributed by atoms with Crippen molar-refractivity contribution in [2.75, 3.05) is 39.9 Å². The van der Waals surface area contributed by atoms with Crippen LogP contribution in [0.2, 0.25) is 0 Å². The van der Waals surface area contributed by atoms with Crippen molar-refractivity contribution in [3.05, 3.63) is 0 Å². The van der Waals surface area contributed by atoms with Gasteiger partial charge in [0, 0.05) is 26.2 Å². The van der Waals surface area contributed by atoms with E-state index in [1.165, 1.54) is 0 Å². The van der Waals surface area contributed by atoms with Crippen LogP contribution in [0.4, 0.5) is 0 Å². The lowest BCUT2D eigenvalue weighted by Gasteiger charge is -2.20. The third-order valence-electron chi connectivity index (χ3n) is 3.10. The van der Waals surface area contributed by atoms with E-state index in [1.807, 2.05) is 0 Å². The van der Waals surface area contributed by atoms with Crippen molar-refractivity contribution in [3.63, 3.8) is 0 Å². The van der Waals surface area contributed by atoms with Crippen LogP contribution >= 0.6 is 0 Å². The zero-order chi connectivity index (χ0) is 12.0. The molecule has 0 radical (unpaired) electrons. The summed E-state index contributed by atoms with van der Waals surface area (Å²) < 4.78 is 4.87. The number of hydrogen-bond donors (Lipinski definition) is 2. The monoisotopic (exact) mass is 229 g/mol. The van der Waals surface area contributed by atoms with Gasteiger partial charge < -0.3 is 15.8 Å². The number of likely N-dealkylation sites (tertiary alicyclic amines) is 1. The van der Waals surface area contributed by atoms with Gasteiger partial charge in [0.15, 0.2) is 0 Å². The molecule has 5 nitrogen and oxygen atoms in total.